The summed E-state index contributed by atoms with van der Waals surface area (Å²) in [5.41, 5.74) is 5.80. The van der Waals surface area contributed by atoms with Gasteiger partial charge < -0.3 is 11.1 Å². The van der Waals surface area contributed by atoms with E-state index in [0.29, 0.717) is 11.4 Å². The molecule has 1 fully saturated rings. The number of pyridine rings is 1. The van der Waals surface area contributed by atoms with Crippen molar-refractivity contribution in [3.63, 3.8) is 0 Å². The average molecular weight is 265 g/mol. The molecule has 1 saturated carbocycles. The minimum absolute atomic E-state index is 0.284. The topological polar surface area (TPSA) is 68.0 Å². The molecule has 0 aliphatic heterocycles. The summed E-state index contributed by atoms with van der Waals surface area (Å²) >= 11 is 1.91. The van der Waals surface area contributed by atoms with Crippen LogP contribution in [0.4, 0.5) is 5.82 Å². The van der Waals surface area contributed by atoms with Crippen LogP contribution in [0.5, 0.6) is 0 Å². The van der Waals surface area contributed by atoms with E-state index < -0.39 is 5.91 Å². The molecule has 0 atom stereocenters. The normalized spacial score (nSPS) is 17.6. The Labute approximate surface area is 112 Å². The average Bonchev–Trinajstić information content (AvgIpc) is 2.86. The number of nitrogens with zero attached hydrogens (tertiary/aromatic N) is 1. The van der Waals surface area contributed by atoms with Crippen molar-refractivity contribution in [1.29, 1.82) is 0 Å². The summed E-state index contributed by atoms with van der Waals surface area (Å²) in [5.74, 6) is 0.167. The maximum atomic E-state index is 11.3. The third-order valence-electron chi connectivity index (χ3n) is 3.60. The summed E-state index contributed by atoms with van der Waals surface area (Å²) in [7, 11) is 0. The van der Waals surface area contributed by atoms with Gasteiger partial charge in [-0.3, -0.25) is 4.79 Å². The van der Waals surface area contributed by atoms with Crippen LogP contribution in [-0.2, 0) is 0 Å². The molecular formula is C13H19N3OS. The van der Waals surface area contributed by atoms with Gasteiger partial charge in [-0.15, -0.1) is 0 Å². The van der Waals surface area contributed by atoms with Crippen molar-refractivity contribution in [3.05, 3.63) is 23.9 Å². The van der Waals surface area contributed by atoms with Crippen LogP contribution in [0.2, 0.25) is 0 Å². The smallest absolute Gasteiger partial charge is 0.252 e. The quantitative estimate of drug-likeness (QED) is 0.857. The van der Waals surface area contributed by atoms with Crippen LogP contribution in [0.1, 0.15) is 36.0 Å². The van der Waals surface area contributed by atoms with Crippen LogP contribution in [-0.4, -0.2) is 28.4 Å². The number of amides is 1. The Balaban J connectivity index is 2.08. The van der Waals surface area contributed by atoms with E-state index in [1.54, 1.807) is 18.3 Å². The van der Waals surface area contributed by atoms with E-state index in [2.05, 4.69) is 16.6 Å². The number of hydrogen-bond acceptors (Lipinski definition) is 4. The molecule has 0 saturated heterocycles. The van der Waals surface area contributed by atoms with Gasteiger partial charge in [-0.05, 0) is 31.2 Å². The van der Waals surface area contributed by atoms with Crippen LogP contribution < -0.4 is 11.1 Å². The van der Waals surface area contributed by atoms with Crippen molar-refractivity contribution in [3.8, 4) is 0 Å². The van der Waals surface area contributed by atoms with E-state index in [4.69, 9.17) is 5.73 Å². The first-order valence-corrected chi connectivity index (χ1v) is 7.43. The Kier molecular flexibility index (Phi) is 4.11. The largest absolute Gasteiger partial charge is 0.368 e. The van der Waals surface area contributed by atoms with Gasteiger partial charge in [0.1, 0.15) is 5.82 Å². The SMILES string of the molecule is CSC1(CNc2ncccc2C(N)=O)CCCC1. The molecule has 98 valence electrons. The summed E-state index contributed by atoms with van der Waals surface area (Å²) in [6.45, 7) is 0.839. The van der Waals surface area contributed by atoms with Crippen molar-refractivity contribution in [1.82, 2.24) is 4.98 Å². The first-order valence-electron chi connectivity index (χ1n) is 6.21. The Hall–Kier alpha value is -1.23. The molecule has 0 bridgehead atoms. The minimum atomic E-state index is -0.435. The van der Waals surface area contributed by atoms with Gasteiger partial charge in [0.05, 0.1) is 5.56 Å². The summed E-state index contributed by atoms with van der Waals surface area (Å²) < 4.78 is 0.284. The van der Waals surface area contributed by atoms with E-state index >= 15 is 0 Å². The Morgan fingerprint density at radius 1 is 1.56 bits per heavy atom. The number of anilines is 1. The minimum Gasteiger partial charge on any atom is -0.368 e. The molecule has 1 aliphatic carbocycles. The fourth-order valence-electron chi connectivity index (χ4n) is 2.46. The second-order valence-electron chi connectivity index (χ2n) is 4.71. The molecule has 1 amide bonds. The summed E-state index contributed by atoms with van der Waals surface area (Å²) in [6, 6.07) is 3.43. The molecule has 4 nitrogen and oxygen atoms in total. The van der Waals surface area contributed by atoms with Gasteiger partial charge in [-0.2, -0.15) is 11.8 Å². The Bertz CT molecular complexity index is 430. The van der Waals surface area contributed by atoms with Crippen LogP contribution in [0.3, 0.4) is 0 Å². The van der Waals surface area contributed by atoms with Gasteiger partial charge >= 0.3 is 0 Å². The molecule has 1 aliphatic rings. The molecule has 0 radical (unpaired) electrons. The zero-order chi connectivity index (χ0) is 13.0. The zero-order valence-corrected chi connectivity index (χ0v) is 11.4. The lowest BCUT2D eigenvalue weighted by Crippen LogP contribution is -2.31. The van der Waals surface area contributed by atoms with Crippen LogP contribution in [0.15, 0.2) is 18.3 Å². The highest BCUT2D eigenvalue weighted by Crippen LogP contribution is 2.40. The van der Waals surface area contributed by atoms with Crippen LogP contribution in [0, 0.1) is 0 Å². The third kappa shape index (κ3) is 2.77. The molecular weight excluding hydrogens is 246 g/mol. The number of rotatable bonds is 5. The molecule has 2 rings (SSSR count). The number of carbonyl (C=O) groups is 1. The lowest BCUT2D eigenvalue weighted by Gasteiger charge is -2.27. The molecule has 5 heteroatoms. The molecule has 0 unspecified atom stereocenters. The van der Waals surface area contributed by atoms with Gasteiger partial charge in [-0.1, -0.05) is 12.8 Å². The lowest BCUT2D eigenvalue weighted by molar-refractivity contribution is 0.100. The summed E-state index contributed by atoms with van der Waals surface area (Å²) in [5, 5.41) is 3.30. The number of nitrogens with one attached hydrogen (secondary N) is 1. The molecule has 1 aromatic rings. The lowest BCUT2D eigenvalue weighted by atomic mass is 10.1. The predicted molar refractivity (Wildman–Crippen MR) is 76.0 cm³/mol. The van der Waals surface area contributed by atoms with Gasteiger partial charge in [0.25, 0.3) is 5.91 Å². The van der Waals surface area contributed by atoms with E-state index in [-0.39, 0.29) is 4.75 Å². The number of thioether (sulfide) groups is 1. The second kappa shape index (κ2) is 5.61. The fourth-order valence-corrected chi connectivity index (χ4v) is 3.38. The number of carbonyl (C=O) groups excluding carboxylic acids is 1. The van der Waals surface area contributed by atoms with Gasteiger partial charge in [0.2, 0.25) is 0 Å². The molecule has 1 heterocycles. The van der Waals surface area contributed by atoms with Crippen molar-refractivity contribution in [2.45, 2.75) is 30.4 Å². The van der Waals surface area contributed by atoms with E-state index in [9.17, 15) is 4.79 Å². The number of hydrogen-bond donors (Lipinski definition) is 2. The van der Waals surface area contributed by atoms with Gasteiger partial charge in [-0.25, -0.2) is 4.98 Å². The molecule has 18 heavy (non-hydrogen) atoms. The predicted octanol–water partition coefficient (Wildman–Crippen LogP) is 2.27. The van der Waals surface area contributed by atoms with E-state index in [1.807, 2.05) is 11.8 Å². The Morgan fingerprint density at radius 2 is 2.28 bits per heavy atom. The fraction of sp³-hybridized carbons (Fsp3) is 0.538. The molecule has 1 aromatic heterocycles. The third-order valence-corrected chi connectivity index (χ3v) is 5.02. The second-order valence-corrected chi connectivity index (χ2v) is 5.99. The number of aromatic nitrogens is 1. The first-order chi connectivity index (χ1) is 8.67. The zero-order valence-electron chi connectivity index (χ0n) is 10.6. The highest BCUT2D eigenvalue weighted by Gasteiger charge is 2.32. The molecule has 0 aromatic carbocycles. The highest BCUT2D eigenvalue weighted by molar-refractivity contribution is 8.00. The summed E-state index contributed by atoms with van der Waals surface area (Å²) in [4.78, 5) is 15.5. The van der Waals surface area contributed by atoms with Crippen molar-refractivity contribution < 1.29 is 4.79 Å². The van der Waals surface area contributed by atoms with Gasteiger partial charge in [0.15, 0.2) is 0 Å². The monoisotopic (exact) mass is 265 g/mol. The summed E-state index contributed by atoms with van der Waals surface area (Å²) in [6.07, 6.45) is 8.84. The van der Waals surface area contributed by atoms with Crippen LogP contribution in [0.25, 0.3) is 0 Å². The molecule has 0 spiro atoms. The maximum Gasteiger partial charge on any atom is 0.252 e. The van der Waals surface area contributed by atoms with Crippen molar-refractivity contribution in [2.24, 2.45) is 5.73 Å². The highest BCUT2D eigenvalue weighted by atomic mass is 32.2. The van der Waals surface area contributed by atoms with Gasteiger partial charge in [0, 0.05) is 17.5 Å². The standard InChI is InChI=1S/C13H19N3OS/c1-18-13(6-2-3-7-13)9-16-12-10(11(14)17)5-4-8-15-12/h4-5,8H,2-3,6-7,9H2,1H3,(H2,14,17)(H,15,16). The maximum absolute atomic E-state index is 11.3. The van der Waals surface area contributed by atoms with Crippen LogP contribution >= 0.6 is 11.8 Å². The van der Waals surface area contributed by atoms with Crippen molar-refractivity contribution >= 4 is 23.5 Å². The first kappa shape index (κ1) is 13.2. The van der Waals surface area contributed by atoms with Crippen molar-refractivity contribution in [2.75, 3.05) is 18.1 Å². The number of nitrogens with two attached hydrogens (primary N) is 1. The Morgan fingerprint density at radius 3 is 2.89 bits per heavy atom. The van der Waals surface area contributed by atoms with E-state index in [1.165, 1.54) is 25.7 Å². The molecule has 3 N–H and O–H groups in total. The van der Waals surface area contributed by atoms with E-state index in [0.717, 1.165) is 6.54 Å². The number of primary amides is 1.